The van der Waals surface area contributed by atoms with Crippen LogP contribution in [0.25, 0.3) is 10.2 Å². The van der Waals surface area contributed by atoms with Crippen molar-refractivity contribution in [1.29, 1.82) is 0 Å². The van der Waals surface area contributed by atoms with Gasteiger partial charge in [-0.2, -0.15) is 0 Å². The van der Waals surface area contributed by atoms with Crippen molar-refractivity contribution in [2.45, 2.75) is 46.7 Å². The van der Waals surface area contributed by atoms with E-state index in [0.29, 0.717) is 6.54 Å². The minimum Gasteiger partial charge on any atom is -0.327 e. The van der Waals surface area contributed by atoms with E-state index in [2.05, 4.69) is 28.7 Å². The lowest BCUT2D eigenvalue weighted by molar-refractivity contribution is 0.0879. The molecule has 2 aromatic heterocycles. The molecule has 0 aromatic carbocycles. The number of nitrogens with zero attached hydrogens (tertiary/aromatic N) is 2. The third-order valence-corrected chi connectivity index (χ3v) is 5.95. The van der Waals surface area contributed by atoms with Gasteiger partial charge in [-0.25, -0.2) is 4.98 Å². The number of hydrogen-bond donors (Lipinski definition) is 2. The van der Waals surface area contributed by atoms with E-state index in [1.54, 1.807) is 11.3 Å². The highest BCUT2D eigenvalue weighted by atomic mass is 32.1. The van der Waals surface area contributed by atoms with Crippen molar-refractivity contribution in [2.75, 3.05) is 13.1 Å². The van der Waals surface area contributed by atoms with Crippen molar-refractivity contribution in [3.05, 3.63) is 26.6 Å². The third-order valence-electron chi connectivity index (χ3n) is 4.85. The van der Waals surface area contributed by atoms with Crippen molar-refractivity contribution < 1.29 is 0 Å². The SMILES string of the molecule is Cc1sc2nc(CN3CCC(N)C(C)(C)C3)[nH]c(=O)c2c1C. The molecular weight excluding hydrogens is 296 g/mol. The molecule has 0 bridgehead atoms. The van der Waals surface area contributed by atoms with Gasteiger partial charge in [-0.05, 0) is 31.2 Å². The third kappa shape index (κ3) is 2.71. The fraction of sp³-hybridized carbons (Fsp3) is 0.625. The first-order valence-electron chi connectivity index (χ1n) is 7.75. The van der Waals surface area contributed by atoms with Gasteiger partial charge in [0.05, 0.1) is 11.9 Å². The molecule has 0 saturated carbocycles. The topological polar surface area (TPSA) is 75.0 Å². The van der Waals surface area contributed by atoms with Gasteiger partial charge < -0.3 is 10.7 Å². The van der Waals surface area contributed by atoms with Crippen molar-refractivity contribution in [3.63, 3.8) is 0 Å². The minimum absolute atomic E-state index is 0.0187. The molecule has 0 radical (unpaired) electrons. The van der Waals surface area contributed by atoms with Gasteiger partial charge in [0.1, 0.15) is 10.7 Å². The molecule has 1 atom stereocenters. The van der Waals surface area contributed by atoms with Crippen LogP contribution in [0.5, 0.6) is 0 Å². The van der Waals surface area contributed by atoms with E-state index in [-0.39, 0.29) is 17.0 Å². The predicted octanol–water partition coefficient (Wildman–Crippen LogP) is 2.16. The van der Waals surface area contributed by atoms with E-state index in [1.807, 2.05) is 13.8 Å². The van der Waals surface area contributed by atoms with Crippen LogP contribution >= 0.6 is 11.3 Å². The molecule has 3 rings (SSSR count). The maximum absolute atomic E-state index is 12.3. The number of aromatic amines is 1. The summed E-state index contributed by atoms with van der Waals surface area (Å²) in [6, 6.07) is 0.237. The number of piperidine rings is 1. The van der Waals surface area contributed by atoms with Crippen LogP contribution in [0.3, 0.4) is 0 Å². The standard InChI is InChI=1S/C16H24N4OS/c1-9-10(2)22-15-13(9)14(21)18-12(19-15)7-20-6-5-11(17)16(3,4)8-20/h11H,5-8,17H2,1-4H3,(H,18,19,21). The Morgan fingerprint density at radius 1 is 1.45 bits per heavy atom. The van der Waals surface area contributed by atoms with Crippen LogP contribution < -0.4 is 11.3 Å². The van der Waals surface area contributed by atoms with E-state index in [0.717, 1.165) is 46.0 Å². The zero-order chi connectivity index (χ0) is 16.1. The second-order valence-electron chi connectivity index (χ2n) is 7.07. The summed E-state index contributed by atoms with van der Waals surface area (Å²) in [5, 5.41) is 0.743. The number of aryl methyl sites for hydroxylation is 2. The predicted molar refractivity (Wildman–Crippen MR) is 91.4 cm³/mol. The average Bonchev–Trinajstić information content (AvgIpc) is 2.69. The van der Waals surface area contributed by atoms with Crippen LogP contribution in [0.1, 0.15) is 36.5 Å². The Kier molecular flexibility index (Phi) is 3.87. The maximum atomic E-state index is 12.3. The second kappa shape index (κ2) is 5.44. The largest absolute Gasteiger partial charge is 0.327 e. The smallest absolute Gasteiger partial charge is 0.259 e. The molecule has 22 heavy (non-hydrogen) atoms. The monoisotopic (exact) mass is 320 g/mol. The highest BCUT2D eigenvalue weighted by Gasteiger charge is 2.33. The fourth-order valence-corrected chi connectivity index (χ4v) is 4.25. The highest BCUT2D eigenvalue weighted by Crippen LogP contribution is 2.29. The summed E-state index contributed by atoms with van der Waals surface area (Å²) in [5.41, 5.74) is 7.31. The van der Waals surface area contributed by atoms with Crippen LogP contribution in [0, 0.1) is 19.3 Å². The number of fused-ring (bicyclic) bond motifs is 1. The summed E-state index contributed by atoms with van der Waals surface area (Å²) in [5.74, 6) is 0.755. The Balaban J connectivity index is 1.87. The van der Waals surface area contributed by atoms with Crippen LogP contribution in [-0.4, -0.2) is 34.0 Å². The number of aromatic nitrogens is 2. The Morgan fingerprint density at radius 2 is 2.18 bits per heavy atom. The van der Waals surface area contributed by atoms with Gasteiger partial charge in [0, 0.05) is 24.0 Å². The minimum atomic E-state index is -0.0187. The first-order chi connectivity index (χ1) is 10.3. The molecule has 0 aliphatic carbocycles. The number of nitrogens with one attached hydrogen (secondary N) is 1. The summed E-state index contributed by atoms with van der Waals surface area (Å²) in [7, 11) is 0. The number of nitrogens with two attached hydrogens (primary N) is 1. The first-order valence-corrected chi connectivity index (χ1v) is 8.56. The summed E-state index contributed by atoms with van der Waals surface area (Å²) >= 11 is 1.60. The van der Waals surface area contributed by atoms with Gasteiger partial charge in [0.2, 0.25) is 0 Å². The Labute approximate surface area is 134 Å². The van der Waals surface area contributed by atoms with Crippen LogP contribution in [0.15, 0.2) is 4.79 Å². The normalized spacial score (nSPS) is 22.3. The summed E-state index contributed by atoms with van der Waals surface area (Å²) < 4.78 is 0. The van der Waals surface area contributed by atoms with Crippen LogP contribution in [0.2, 0.25) is 0 Å². The molecule has 2 aromatic rings. The molecule has 0 spiro atoms. The molecule has 1 saturated heterocycles. The van der Waals surface area contributed by atoms with E-state index in [1.165, 1.54) is 0 Å². The Bertz CT molecular complexity index is 761. The molecule has 1 aliphatic heterocycles. The Morgan fingerprint density at radius 3 is 2.86 bits per heavy atom. The van der Waals surface area contributed by atoms with Gasteiger partial charge in [0.15, 0.2) is 0 Å². The van der Waals surface area contributed by atoms with Gasteiger partial charge in [0.25, 0.3) is 5.56 Å². The van der Waals surface area contributed by atoms with Gasteiger partial charge in [-0.15, -0.1) is 11.3 Å². The quantitative estimate of drug-likeness (QED) is 0.889. The molecule has 1 aliphatic rings. The molecule has 3 heterocycles. The van der Waals surface area contributed by atoms with Crippen LogP contribution in [-0.2, 0) is 6.54 Å². The second-order valence-corrected chi connectivity index (χ2v) is 8.27. The molecule has 3 N–H and O–H groups in total. The van der Waals surface area contributed by atoms with Crippen molar-refractivity contribution >= 4 is 21.6 Å². The zero-order valence-electron chi connectivity index (χ0n) is 13.7. The van der Waals surface area contributed by atoms with Crippen molar-refractivity contribution in [2.24, 2.45) is 11.1 Å². The molecule has 1 unspecified atom stereocenters. The van der Waals surface area contributed by atoms with Crippen molar-refractivity contribution in [3.8, 4) is 0 Å². The zero-order valence-corrected chi connectivity index (χ0v) is 14.5. The summed E-state index contributed by atoms with van der Waals surface area (Å²) in [6.45, 7) is 11.0. The van der Waals surface area contributed by atoms with Gasteiger partial charge >= 0.3 is 0 Å². The summed E-state index contributed by atoms with van der Waals surface area (Å²) in [4.78, 5) is 24.3. The van der Waals surface area contributed by atoms with Crippen molar-refractivity contribution in [1.82, 2.24) is 14.9 Å². The highest BCUT2D eigenvalue weighted by molar-refractivity contribution is 7.18. The molecule has 5 nitrogen and oxygen atoms in total. The number of rotatable bonds is 2. The Hall–Kier alpha value is -1.24. The lowest BCUT2D eigenvalue weighted by atomic mass is 9.80. The maximum Gasteiger partial charge on any atom is 0.259 e. The average molecular weight is 320 g/mol. The fourth-order valence-electron chi connectivity index (χ4n) is 3.21. The lowest BCUT2D eigenvalue weighted by Crippen LogP contribution is -2.52. The number of hydrogen-bond acceptors (Lipinski definition) is 5. The molecule has 1 fully saturated rings. The number of thiophene rings is 1. The van der Waals surface area contributed by atoms with E-state index >= 15 is 0 Å². The first kappa shape index (κ1) is 15.6. The van der Waals surface area contributed by atoms with E-state index in [4.69, 9.17) is 5.73 Å². The van der Waals surface area contributed by atoms with Gasteiger partial charge in [-0.1, -0.05) is 13.8 Å². The lowest BCUT2D eigenvalue weighted by Gasteiger charge is -2.42. The number of H-pyrrole nitrogens is 1. The molecular formula is C16H24N4OS. The number of likely N-dealkylation sites (tertiary alicyclic amines) is 1. The van der Waals surface area contributed by atoms with Gasteiger partial charge in [-0.3, -0.25) is 9.69 Å². The van der Waals surface area contributed by atoms with E-state index in [9.17, 15) is 4.79 Å². The molecule has 6 heteroatoms. The van der Waals surface area contributed by atoms with E-state index < -0.39 is 0 Å². The van der Waals surface area contributed by atoms with Crippen LogP contribution in [0.4, 0.5) is 0 Å². The molecule has 120 valence electrons. The summed E-state index contributed by atoms with van der Waals surface area (Å²) in [6.07, 6.45) is 0.983. The molecule has 0 amide bonds.